The quantitative estimate of drug-likeness (QED) is 0.838. The Kier molecular flexibility index (Phi) is 4.67. The Balaban J connectivity index is 2.74. The van der Waals surface area contributed by atoms with Crippen molar-refractivity contribution >= 4 is 0 Å². The zero-order chi connectivity index (χ0) is 12.0. The van der Waals surface area contributed by atoms with Crippen LogP contribution in [-0.4, -0.2) is 13.2 Å². The van der Waals surface area contributed by atoms with Crippen molar-refractivity contribution < 1.29 is 13.5 Å². The Labute approximate surface area is 92.6 Å². The fourth-order valence-corrected chi connectivity index (χ4v) is 1.28. The van der Waals surface area contributed by atoms with E-state index >= 15 is 0 Å². The van der Waals surface area contributed by atoms with Crippen LogP contribution in [0.3, 0.4) is 0 Å². The van der Waals surface area contributed by atoms with Gasteiger partial charge in [-0.25, -0.2) is 0 Å². The lowest BCUT2D eigenvalue weighted by Crippen LogP contribution is -2.19. The van der Waals surface area contributed by atoms with Crippen LogP contribution in [0.2, 0.25) is 0 Å². The summed E-state index contributed by atoms with van der Waals surface area (Å²) in [5.41, 5.74) is 0.728. The minimum atomic E-state index is -2.83. The van der Waals surface area contributed by atoms with Gasteiger partial charge in [-0.2, -0.15) is 14.0 Å². The minimum Gasteiger partial charge on any atom is -0.435 e. The minimum absolute atomic E-state index is 0.0898. The molecule has 0 bridgehead atoms. The Morgan fingerprint density at radius 3 is 2.44 bits per heavy atom. The fraction of sp³-hybridized carbons (Fsp3) is 0.364. The number of alkyl halides is 2. The Hall–Kier alpha value is -1.67. The van der Waals surface area contributed by atoms with Crippen LogP contribution in [0.4, 0.5) is 8.78 Å². The molecule has 0 heterocycles. The smallest absolute Gasteiger partial charge is 0.387 e. The van der Waals surface area contributed by atoms with Crippen molar-refractivity contribution in [1.82, 2.24) is 5.32 Å². The molecule has 0 saturated heterocycles. The third kappa shape index (κ3) is 3.48. The number of hydrogen-bond donors (Lipinski definition) is 1. The molecule has 1 aromatic carbocycles. The van der Waals surface area contributed by atoms with Gasteiger partial charge in [-0.1, -0.05) is 19.1 Å². The largest absolute Gasteiger partial charge is 0.435 e. The molecule has 16 heavy (non-hydrogen) atoms. The number of ether oxygens (including phenoxy) is 1. The van der Waals surface area contributed by atoms with Gasteiger partial charge in [-0.05, 0) is 24.2 Å². The van der Waals surface area contributed by atoms with E-state index in [2.05, 4.69) is 16.1 Å². The summed E-state index contributed by atoms with van der Waals surface area (Å²) in [6.45, 7) is -0.280. The topological polar surface area (TPSA) is 45.0 Å². The van der Waals surface area contributed by atoms with E-state index < -0.39 is 12.7 Å². The third-order valence-electron chi connectivity index (χ3n) is 1.98. The molecular weight excluding hydrogens is 214 g/mol. The molecular formula is C11H12F2N2O. The molecule has 0 saturated carbocycles. The summed E-state index contributed by atoms with van der Waals surface area (Å²) in [4.78, 5) is 0. The normalized spacial score (nSPS) is 12.2. The summed E-state index contributed by atoms with van der Waals surface area (Å²) in [6.07, 6.45) is 0. The first-order chi connectivity index (χ1) is 7.67. The monoisotopic (exact) mass is 226 g/mol. The van der Waals surface area contributed by atoms with Crippen LogP contribution in [-0.2, 0) is 0 Å². The summed E-state index contributed by atoms with van der Waals surface area (Å²) in [5, 5.41) is 11.8. The second-order valence-corrected chi connectivity index (χ2v) is 3.07. The molecule has 1 unspecified atom stereocenters. The molecule has 0 radical (unpaired) electrons. The van der Waals surface area contributed by atoms with Gasteiger partial charge in [0.05, 0.1) is 6.07 Å². The predicted octanol–water partition coefficient (Wildman–Crippen LogP) is 2.46. The van der Waals surface area contributed by atoms with Gasteiger partial charge in [-0.3, -0.25) is 5.32 Å². The van der Waals surface area contributed by atoms with E-state index in [9.17, 15) is 8.78 Å². The van der Waals surface area contributed by atoms with Gasteiger partial charge >= 0.3 is 6.61 Å². The second-order valence-electron chi connectivity index (χ2n) is 3.07. The molecule has 3 nitrogen and oxygen atoms in total. The summed E-state index contributed by atoms with van der Waals surface area (Å²) < 4.78 is 28.0. The van der Waals surface area contributed by atoms with Crippen molar-refractivity contribution in [2.45, 2.75) is 19.6 Å². The highest BCUT2D eigenvalue weighted by Crippen LogP contribution is 2.18. The molecule has 1 N–H and O–H groups in total. The van der Waals surface area contributed by atoms with E-state index in [0.717, 1.165) is 5.56 Å². The Morgan fingerprint density at radius 1 is 1.38 bits per heavy atom. The van der Waals surface area contributed by atoms with Crippen LogP contribution in [0, 0.1) is 11.3 Å². The molecule has 5 heteroatoms. The maximum atomic E-state index is 11.9. The molecule has 0 amide bonds. The van der Waals surface area contributed by atoms with Gasteiger partial charge < -0.3 is 4.74 Å². The van der Waals surface area contributed by atoms with E-state index in [4.69, 9.17) is 5.26 Å². The van der Waals surface area contributed by atoms with Gasteiger partial charge in [-0.15, -0.1) is 0 Å². The number of hydrogen-bond acceptors (Lipinski definition) is 3. The van der Waals surface area contributed by atoms with Gasteiger partial charge in [0.1, 0.15) is 11.8 Å². The van der Waals surface area contributed by atoms with E-state index in [-0.39, 0.29) is 5.75 Å². The average molecular weight is 226 g/mol. The number of rotatable bonds is 5. The zero-order valence-electron chi connectivity index (χ0n) is 8.78. The number of nitrogens with zero attached hydrogens (tertiary/aromatic N) is 1. The Morgan fingerprint density at radius 2 is 2.00 bits per heavy atom. The molecule has 1 rings (SSSR count). The predicted molar refractivity (Wildman–Crippen MR) is 55.1 cm³/mol. The standard InChI is InChI=1S/C11H12F2N2O/c1-2-15-10(7-14)8-3-5-9(6-4-8)16-11(12)13/h3-6,10-11,15H,2H2,1H3. The van der Waals surface area contributed by atoms with Crippen molar-refractivity contribution in [3.8, 4) is 11.8 Å². The highest BCUT2D eigenvalue weighted by molar-refractivity contribution is 5.31. The maximum absolute atomic E-state index is 11.9. The highest BCUT2D eigenvalue weighted by atomic mass is 19.3. The molecule has 0 aromatic heterocycles. The van der Waals surface area contributed by atoms with Crippen molar-refractivity contribution in [2.24, 2.45) is 0 Å². The van der Waals surface area contributed by atoms with Crippen LogP contribution >= 0.6 is 0 Å². The maximum Gasteiger partial charge on any atom is 0.387 e. The van der Waals surface area contributed by atoms with Crippen LogP contribution in [0.25, 0.3) is 0 Å². The molecule has 0 fully saturated rings. The molecule has 0 spiro atoms. The summed E-state index contributed by atoms with van der Waals surface area (Å²) in [5.74, 6) is 0.0898. The first-order valence-corrected chi connectivity index (χ1v) is 4.85. The second kappa shape index (κ2) is 6.03. The van der Waals surface area contributed by atoms with Gasteiger partial charge in [0.15, 0.2) is 0 Å². The highest BCUT2D eigenvalue weighted by Gasteiger charge is 2.09. The number of halogens is 2. The van der Waals surface area contributed by atoms with E-state index in [0.29, 0.717) is 6.54 Å². The molecule has 0 aliphatic heterocycles. The van der Waals surface area contributed by atoms with Crippen molar-refractivity contribution in [3.63, 3.8) is 0 Å². The third-order valence-corrected chi connectivity index (χ3v) is 1.98. The van der Waals surface area contributed by atoms with Crippen molar-refractivity contribution in [1.29, 1.82) is 5.26 Å². The lowest BCUT2D eigenvalue weighted by molar-refractivity contribution is -0.0498. The van der Waals surface area contributed by atoms with Crippen LogP contribution in [0.15, 0.2) is 24.3 Å². The summed E-state index contributed by atoms with van der Waals surface area (Å²) >= 11 is 0. The van der Waals surface area contributed by atoms with E-state index in [1.165, 1.54) is 12.1 Å². The average Bonchev–Trinajstić information content (AvgIpc) is 2.26. The van der Waals surface area contributed by atoms with Crippen LogP contribution < -0.4 is 10.1 Å². The van der Waals surface area contributed by atoms with E-state index in [1.807, 2.05) is 6.92 Å². The summed E-state index contributed by atoms with van der Waals surface area (Å²) in [6, 6.07) is 7.68. The molecule has 0 aliphatic rings. The van der Waals surface area contributed by atoms with Crippen molar-refractivity contribution in [2.75, 3.05) is 6.54 Å². The van der Waals surface area contributed by atoms with Gasteiger partial charge in [0, 0.05) is 0 Å². The first kappa shape index (κ1) is 12.4. The number of benzene rings is 1. The first-order valence-electron chi connectivity index (χ1n) is 4.85. The molecule has 1 aromatic rings. The van der Waals surface area contributed by atoms with Gasteiger partial charge in [0.2, 0.25) is 0 Å². The fourth-order valence-electron chi connectivity index (χ4n) is 1.28. The summed E-state index contributed by atoms with van der Waals surface area (Å²) in [7, 11) is 0. The van der Waals surface area contributed by atoms with Gasteiger partial charge in [0.25, 0.3) is 0 Å². The number of nitrogens with one attached hydrogen (secondary N) is 1. The molecule has 1 atom stereocenters. The van der Waals surface area contributed by atoms with Crippen LogP contribution in [0.1, 0.15) is 18.5 Å². The van der Waals surface area contributed by atoms with E-state index in [1.54, 1.807) is 12.1 Å². The lowest BCUT2D eigenvalue weighted by atomic mass is 10.1. The molecule has 0 aliphatic carbocycles. The molecule has 86 valence electrons. The lowest BCUT2D eigenvalue weighted by Gasteiger charge is -2.10. The number of nitriles is 1. The Bertz CT molecular complexity index is 359. The zero-order valence-corrected chi connectivity index (χ0v) is 8.78. The van der Waals surface area contributed by atoms with Crippen molar-refractivity contribution in [3.05, 3.63) is 29.8 Å². The van der Waals surface area contributed by atoms with Crippen LogP contribution in [0.5, 0.6) is 5.75 Å². The SMILES string of the molecule is CCNC(C#N)c1ccc(OC(F)F)cc1.